The van der Waals surface area contributed by atoms with E-state index in [1.54, 1.807) is 12.1 Å². The number of allylic oxidation sites excluding steroid dienone is 1. The molecule has 0 unspecified atom stereocenters. The van der Waals surface area contributed by atoms with E-state index >= 15 is 0 Å². The molecular formula is C16H14O3. The maximum Gasteiger partial charge on any atom is 0.189 e. The predicted molar refractivity (Wildman–Crippen MR) is 73.9 cm³/mol. The zero-order valence-corrected chi connectivity index (χ0v) is 10.5. The summed E-state index contributed by atoms with van der Waals surface area (Å²) in [5, 5.41) is 9.19. The number of phenolic OH excluding ortho intramolecular Hbond substituents is 1. The zero-order valence-electron chi connectivity index (χ0n) is 10.5. The van der Waals surface area contributed by atoms with Crippen LogP contribution >= 0.6 is 0 Å². The molecule has 0 saturated heterocycles. The molecule has 0 heterocycles. The van der Waals surface area contributed by atoms with Crippen LogP contribution in [0, 0.1) is 0 Å². The molecule has 0 radical (unpaired) electrons. The lowest BCUT2D eigenvalue weighted by atomic mass is 10.1. The Balaban J connectivity index is 2.28. The van der Waals surface area contributed by atoms with E-state index in [-0.39, 0.29) is 11.5 Å². The van der Waals surface area contributed by atoms with Gasteiger partial charge in [0.1, 0.15) is 11.5 Å². The van der Waals surface area contributed by atoms with E-state index in [1.165, 1.54) is 25.3 Å². The third-order valence-electron chi connectivity index (χ3n) is 2.69. The van der Waals surface area contributed by atoms with Gasteiger partial charge in [0.2, 0.25) is 0 Å². The molecule has 0 saturated carbocycles. The second-order valence-corrected chi connectivity index (χ2v) is 3.99. The Morgan fingerprint density at radius 2 is 1.63 bits per heavy atom. The number of aromatic hydroxyl groups is 1. The molecule has 0 spiro atoms. The van der Waals surface area contributed by atoms with E-state index in [4.69, 9.17) is 4.74 Å². The highest BCUT2D eigenvalue weighted by molar-refractivity contribution is 6.07. The third kappa shape index (κ3) is 3.22. The van der Waals surface area contributed by atoms with E-state index in [1.807, 2.05) is 30.3 Å². The maximum atomic E-state index is 12.1. The predicted octanol–water partition coefficient (Wildman–Crippen LogP) is 3.26. The number of ether oxygens (including phenoxy) is 1. The van der Waals surface area contributed by atoms with Crippen LogP contribution in [-0.2, 0) is 4.74 Å². The molecule has 0 atom stereocenters. The number of ketones is 1. The SMILES string of the molecule is COC(=CC(=O)c1ccc(O)cc1)c1ccccc1. The van der Waals surface area contributed by atoms with Crippen molar-refractivity contribution in [3.63, 3.8) is 0 Å². The Morgan fingerprint density at radius 3 is 2.21 bits per heavy atom. The van der Waals surface area contributed by atoms with Crippen molar-refractivity contribution in [2.75, 3.05) is 7.11 Å². The fourth-order valence-corrected chi connectivity index (χ4v) is 1.69. The van der Waals surface area contributed by atoms with Gasteiger partial charge in [-0.2, -0.15) is 0 Å². The van der Waals surface area contributed by atoms with E-state index in [0.29, 0.717) is 11.3 Å². The quantitative estimate of drug-likeness (QED) is 0.517. The molecule has 19 heavy (non-hydrogen) atoms. The van der Waals surface area contributed by atoms with Gasteiger partial charge in [0.25, 0.3) is 0 Å². The zero-order chi connectivity index (χ0) is 13.7. The number of rotatable bonds is 4. The van der Waals surface area contributed by atoms with Gasteiger partial charge in [-0.25, -0.2) is 0 Å². The summed E-state index contributed by atoms with van der Waals surface area (Å²) in [5.74, 6) is 0.481. The van der Waals surface area contributed by atoms with Gasteiger partial charge >= 0.3 is 0 Å². The Kier molecular flexibility index (Phi) is 3.98. The average molecular weight is 254 g/mol. The first kappa shape index (κ1) is 12.9. The topological polar surface area (TPSA) is 46.5 Å². The summed E-state index contributed by atoms with van der Waals surface area (Å²) < 4.78 is 5.24. The fraction of sp³-hybridized carbons (Fsp3) is 0.0625. The Hall–Kier alpha value is -2.55. The molecule has 2 rings (SSSR count). The molecule has 0 aromatic heterocycles. The lowest BCUT2D eigenvalue weighted by molar-refractivity contribution is 0.104. The highest BCUT2D eigenvalue weighted by atomic mass is 16.5. The van der Waals surface area contributed by atoms with Crippen LogP contribution in [0.3, 0.4) is 0 Å². The van der Waals surface area contributed by atoms with Crippen LogP contribution in [0.2, 0.25) is 0 Å². The summed E-state index contributed by atoms with van der Waals surface area (Å²) in [6, 6.07) is 15.5. The molecule has 0 fully saturated rings. The summed E-state index contributed by atoms with van der Waals surface area (Å²) in [4.78, 5) is 12.1. The first-order valence-electron chi connectivity index (χ1n) is 5.85. The first-order valence-corrected chi connectivity index (χ1v) is 5.85. The largest absolute Gasteiger partial charge is 0.508 e. The number of hydrogen-bond donors (Lipinski definition) is 1. The molecule has 2 aromatic rings. The average Bonchev–Trinajstić information content (AvgIpc) is 2.46. The Morgan fingerprint density at radius 1 is 1.00 bits per heavy atom. The third-order valence-corrected chi connectivity index (χ3v) is 2.69. The molecule has 0 amide bonds. The van der Waals surface area contributed by atoms with Gasteiger partial charge in [-0.05, 0) is 24.3 Å². The lowest BCUT2D eigenvalue weighted by Crippen LogP contribution is -1.97. The number of phenols is 1. The fourth-order valence-electron chi connectivity index (χ4n) is 1.69. The molecule has 2 aromatic carbocycles. The van der Waals surface area contributed by atoms with Gasteiger partial charge in [-0.1, -0.05) is 30.3 Å². The van der Waals surface area contributed by atoms with Gasteiger partial charge in [0.15, 0.2) is 5.78 Å². The minimum atomic E-state index is -0.166. The Bertz CT molecular complexity index is 583. The molecule has 0 aliphatic rings. The van der Waals surface area contributed by atoms with Crippen LogP contribution in [0.15, 0.2) is 60.7 Å². The number of hydrogen-bond acceptors (Lipinski definition) is 3. The summed E-state index contributed by atoms with van der Waals surface area (Å²) in [6.45, 7) is 0. The lowest BCUT2D eigenvalue weighted by Gasteiger charge is -2.06. The van der Waals surface area contributed by atoms with Crippen LogP contribution in [0.5, 0.6) is 5.75 Å². The highest BCUT2D eigenvalue weighted by Gasteiger charge is 2.07. The normalized spacial score (nSPS) is 11.1. The monoisotopic (exact) mass is 254 g/mol. The molecule has 0 bridgehead atoms. The van der Waals surface area contributed by atoms with E-state index < -0.39 is 0 Å². The standard InChI is InChI=1S/C16H14O3/c1-19-16(13-5-3-2-4-6-13)11-15(18)12-7-9-14(17)10-8-12/h2-11,17H,1H3. The van der Waals surface area contributed by atoms with Crippen molar-refractivity contribution in [1.29, 1.82) is 0 Å². The Labute approximate surface area is 111 Å². The van der Waals surface area contributed by atoms with Gasteiger partial charge in [0.05, 0.1) is 7.11 Å². The molecule has 0 aliphatic heterocycles. The van der Waals surface area contributed by atoms with Crippen molar-refractivity contribution in [2.24, 2.45) is 0 Å². The molecular weight excluding hydrogens is 240 g/mol. The van der Waals surface area contributed by atoms with E-state index in [2.05, 4.69) is 0 Å². The van der Waals surface area contributed by atoms with Gasteiger partial charge in [-0.15, -0.1) is 0 Å². The van der Waals surface area contributed by atoms with Crippen LogP contribution in [0.1, 0.15) is 15.9 Å². The first-order chi connectivity index (χ1) is 9.20. The molecule has 96 valence electrons. The smallest absolute Gasteiger partial charge is 0.189 e. The van der Waals surface area contributed by atoms with Crippen LogP contribution < -0.4 is 0 Å². The van der Waals surface area contributed by atoms with Crippen molar-refractivity contribution >= 4 is 11.5 Å². The maximum absolute atomic E-state index is 12.1. The van der Waals surface area contributed by atoms with E-state index in [0.717, 1.165) is 5.56 Å². The van der Waals surface area contributed by atoms with Crippen molar-refractivity contribution in [3.8, 4) is 5.75 Å². The number of carbonyl (C=O) groups excluding carboxylic acids is 1. The minimum Gasteiger partial charge on any atom is -0.508 e. The number of carbonyl (C=O) groups is 1. The van der Waals surface area contributed by atoms with Crippen LogP contribution in [0.4, 0.5) is 0 Å². The summed E-state index contributed by atoms with van der Waals surface area (Å²) in [5.41, 5.74) is 1.35. The summed E-state index contributed by atoms with van der Waals surface area (Å²) in [7, 11) is 1.53. The second-order valence-electron chi connectivity index (χ2n) is 3.99. The van der Waals surface area contributed by atoms with Gasteiger partial charge in [0, 0.05) is 17.2 Å². The van der Waals surface area contributed by atoms with Gasteiger partial charge in [-0.3, -0.25) is 4.79 Å². The summed E-state index contributed by atoms with van der Waals surface area (Å²) >= 11 is 0. The second kappa shape index (κ2) is 5.87. The van der Waals surface area contributed by atoms with E-state index in [9.17, 15) is 9.90 Å². The van der Waals surface area contributed by atoms with Crippen molar-refractivity contribution in [3.05, 3.63) is 71.8 Å². The molecule has 3 nitrogen and oxygen atoms in total. The van der Waals surface area contributed by atoms with Crippen molar-refractivity contribution in [2.45, 2.75) is 0 Å². The highest BCUT2D eigenvalue weighted by Crippen LogP contribution is 2.17. The molecule has 3 heteroatoms. The number of benzene rings is 2. The molecule has 0 aliphatic carbocycles. The number of methoxy groups -OCH3 is 1. The molecule has 1 N–H and O–H groups in total. The van der Waals surface area contributed by atoms with Crippen molar-refractivity contribution < 1.29 is 14.6 Å². The summed E-state index contributed by atoms with van der Waals surface area (Å²) in [6.07, 6.45) is 1.45. The van der Waals surface area contributed by atoms with Crippen LogP contribution in [-0.4, -0.2) is 18.0 Å². The van der Waals surface area contributed by atoms with Crippen LogP contribution in [0.25, 0.3) is 5.76 Å². The minimum absolute atomic E-state index is 0.135. The van der Waals surface area contributed by atoms with Crippen molar-refractivity contribution in [1.82, 2.24) is 0 Å². The van der Waals surface area contributed by atoms with Gasteiger partial charge < -0.3 is 9.84 Å².